The monoisotopic (exact) mass is 377 g/mol. The third-order valence-electron chi connectivity index (χ3n) is 3.72. The number of nitrogens with zero attached hydrogens (tertiary/aromatic N) is 5. The lowest BCUT2D eigenvalue weighted by Gasteiger charge is -2.05. The Kier molecular flexibility index (Phi) is 4.92. The van der Waals surface area contributed by atoms with Crippen LogP contribution in [0.15, 0.2) is 47.3 Å². The summed E-state index contributed by atoms with van der Waals surface area (Å²) < 4.78 is 31.0. The molecule has 0 spiro atoms. The third kappa shape index (κ3) is 3.97. The number of aromatic nitrogens is 4. The van der Waals surface area contributed by atoms with Crippen LogP contribution in [0.2, 0.25) is 0 Å². The molecule has 0 amide bonds. The van der Waals surface area contributed by atoms with E-state index in [4.69, 9.17) is 0 Å². The van der Waals surface area contributed by atoms with E-state index in [2.05, 4.69) is 15.2 Å². The van der Waals surface area contributed by atoms with E-state index < -0.39 is 17.2 Å². The lowest BCUT2D eigenvalue weighted by atomic mass is 10.1. The van der Waals surface area contributed by atoms with Gasteiger partial charge in [-0.05, 0) is 41.1 Å². The van der Waals surface area contributed by atoms with E-state index in [-0.39, 0.29) is 23.7 Å². The zero-order valence-electron chi connectivity index (χ0n) is 14.0. The predicted molar refractivity (Wildman–Crippen MR) is 89.2 cm³/mol. The van der Waals surface area contributed by atoms with Crippen molar-refractivity contribution in [1.82, 2.24) is 19.8 Å². The van der Waals surface area contributed by atoms with Crippen molar-refractivity contribution in [3.05, 3.63) is 74.2 Å². The Hall–Kier alpha value is -3.63. The van der Waals surface area contributed by atoms with E-state index in [0.717, 1.165) is 9.36 Å². The summed E-state index contributed by atoms with van der Waals surface area (Å²) in [5.41, 5.74) is 0.673. The summed E-state index contributed by atoms with van der Waals surface area (Å²) in [6, 6.07) is 9.96. The highest BCUT2D eigenvalue weighted by Crippen LogP contribution is 2.19. The second kappa shape index (κ2) is 7.32. The number of alkyl halides is 2. The molecule has 0 aliphatic heterocycles. The van der Waals surface area contributed by atoms with Gasteiger partial charge in [0.2, 0.25) is 0 Å². The average Bonchev–Trinajstić information content (AvgIpc) is 2.95. The third-order valence-corrected chi connectivity index (χ3v) is 3.72. The van der Waals surface area contributed by atoms with Gasteiger partial charge in [-0.15, -0.1) is 0 Å². The number of halogens is 2. The molecule has 3 aromatic rings. The summed E-state index contributed by atoms with van der Waals surface area (Å²) in [6.45, 7) is -1.35. The molecular weight excluding hydrogens is 364 g/mol. The minimum Gasteiger partial charge on any atom is -0.435 e. The highest BCUT2D eigenvalue weighted by molar-refractivity contribution is 5.42. The quantitative estimate of drug-likeness (QED) is 0.482. The van der Waals surface area contributed by atoms with E-state index in [1.165, 1.54) is 36.4 Å². The Bertz CT molecular complexity index is 1050. The second-order valence-corrected chi connectivity index (χ2v) is 5.58. The van der Waals surface area contributed by atoms with Crippen LogP contribution in [0, 0.1) is 17.0 Å². The summed E-state index contributed by atoms with van der Waals surface area (Å²) in [5.74, 6) is -0.116. The minimum absolute atomic E-state index is 0.0226. The standard InChI is InChI=1S/C16H13F2N5O4/c1-10-7-11(5-6-14(10)23(25)26)9-21-16(24)22(20-19-21)12-3-2-4-13(8-12)27-15(17)18/h2-8,15H,9H2,1H3. The van der Waals surface area contributed by atoms with Gasteiger partial charge >= 0.3 is 12.3 Å². The van der Waals surface area contributed by atoms with Gasteiger partial charge < -0.3 is 4.74 Å². The Morgan fingerprint density at radius 2 is 2.00 bits per heavy atom. The van der Waals surface area contributed by atoms with Gasteiger partial charge in [-0.25, -0.2) is 4.79 Å². The minimum atomic E-state index is -2.99. The fourth-order valence-corrected chi connectivity index (χ4v) is 2.52. The largest absolute Gasteiger partial charge is 0.435 e. The van der Waals surface area contributed by atoms with Gasteiger partial charge in [0, 0.05) is 17.7 Å². The van der Waals surface area contributed by atoms with Gasteiger partial charge in [0.05, 0.1) is 17.2 Å². The summed E-state index contributed by atoms with van der Waals surface area (Å²) in [5, 5.41) is 18.4. The van der Waals surface area contributed by atoms with Crippen molar-refractivity contribution >= 4 is 5.69 Å². The molecule has 1 aromatic heterocycles. The number of tetrazole rings is 1. The van der Waals surface area contributed by atoms with Gasteiger partial charge in [0.1, 0.15) is 5.75 Å². The second-order valence-electron chi connectivity index (χ2n) is 5.58. The molecule has 3 rings (SSSR count). The van der Waals surface area contributed by atoms with Crippen molar-refractivity contribution in [1.29, 1.82) is 0 Å². The van der Waals surface area contributed by atoms with E-state index in [0.29, 0.717) is 11.1 Å². The lowest BCUT2D eigenvalue weighted by molar-refractivity contribution is -0.385. The molecule has 2 aromatic carbocycles. The maximum Gasteiger partial charge on any atom is 0.387 e. The van der Waals surface area contributed by atoms with Gasteiger partial charge in [-0.3, -0.25) is 10.1 Å². The average molecular weight is 377 g/mol. The summed E-state index contributed by atoms with van der Waals surface area (Å²) in [4.78, 5) is 22.8. The van der Waals surface area contributed by atoms with Crippen LogP contribution in [-0.4, -0.2) is 31.3 Å². The van der Waals surface area contributed by atoms with Gasteiger partial charge in [-0.2, -0.15) is 18.1 Å². The van der Waals surface area contributed by atoms with Crippen LogP contribution < -0.4 is 10.4 Å². The number of nitro benzene ring substituents is 1. The van der Waals surface area contributed by atoms with Crippen LogP contribution >= 0.6 is 0 Å². The van der Waals surface area contributed by atoms with Crippen molar-refractivity contribution in [3.63, 3.8) is 0 Å². The molecule has 0 saturated carbocycles. The molecule has 0 fully saturated rings. The fraction of sp³-hybridized carbons (Fsp3) is 0.188. The maximum absolute atomic E-state index is 12.5. The lowest BCUT2D eigenvalue weighted by Crippen LogP contribution is -2.24. The number of benzene rings is 2. The van der Waals surface area contributed by atoms with E-state index in [1.807, 2.05) is 0 Å². The highest BCUT2D eigenvalue weighted by Gasteiger charge is 2.14. The molecule has 0 unspecified atom stereocenters. The molecule has 9 nitrogen and oxygen atoms in total. The van der Waals surface area contributed by atoms with Crippen LogP contribution in [0.25, 0.3) is 5.69 Å². The zero-order chi connectivity index (χ0) is 19.6. The van der Waals surface area contributed by atoms with E-state index in [1.54, 1.807) is 13.0 Å². The van der Waals surface area contributed by atoms with E-state index in [9.17, 15) is 23.7 Å². The van der Waals surface area contributed by atoms with Crippen LogP contribution in [0.1, 0.15) is 11.1 Å². The highest BCUT2D eigenvalue weighted by atomic mass is 19.3. The summed E-state index contributed by atoms with van der Waals surface area (Å²) >= 11 is 0. The number of rotatable bonds is 6. The zero-order valence-corrected chi connectivity index (χ0v) is 14.0. The molecule has 1 heterocycles. The first-order chi connectivity index (χ1) is 12.8. The Morgan fingerprint density at radius 1 is 1.22 bits per heavy atom. The van der Waals surface area contributed by atoms with Crippen molar-refractivity contribution in [2.45, 2.75) is 20.1 Å². The first kappa shape index (κ1) is 18.2. The van der Waals surface area contributed by atoms with Crippen molar-refractivity contribution < 1.29 is 18.4 Å². The van der Waals surface area contributed by atoms with Crippen molar-refractivity contribution in [3.8, 4) is 11.4 Å². The molecule has 0 N–H and O–H groups in total. The maximum atomic E-state index is 12.5. The molecule has 27 heavy (non-hydrogen) atoms. The van der Waals surface area contributed by atoms with E-state index >= 15 is 0 Å². The smallest absolute Gasteiger partial charge is 0.387 e. The topological polar surface area (TPSA) is 105 Å². The summed E-state index contributed by atoms with van der Waals surface area (Å²) in [6.07, 6.45) is 0. The van der Waals surface area contributed by atoms with Crippen molar-refractivity contribution in [2.24, 2.45) is 0 Å². The van der Waals surface area contributed by atoms with Crippen LogP contribution in [0.4, 0.5) is 14.5 Å². The number of nitro groups is 1. The van der Waals surface area contributed by atoms with Gasteiger partial charge in [0.25, 0.3) is 5.69 Å². The Morgan fingerprint density at radius 3 is 2.67 bits per heavy atom. The van der Waals surface area contributed by atoms with Gasteiger partial charge in [0.15, 0.2) is 0 Å². The molecular formula is C16H13F2N5O4. The van der Waals surface area contributed by atoms with Crippen molar-refractivity contribution in [2.75, 3.05) is 0 Å². The molecule has 0 atom stereocenters. The normalized spacial score (nSPS) is 11.0. The fourth-order valence-electron chi connectivity index (χ4n) is 2.52. The molecule has 0 aliphatic rings. The van der Waals surface area contributed by atoms with Gasteiger partial charge in [-0.1, -0.05) is 12.1 Å². The number of aryl methyl sites for hydroxylation is 1. The van der Waals surface area contributed by atoms with Crippen LogP contribution in [0.3, 0.4) is 0 Å². The molecule has 0 aliphatic carbocycles. The number of hydrogen-bond acceptors (Lipinski definition) is 6. The first-order valence-electron chi connectivity index (χ1n) is 7.67. The van der Waals surface area contributed by atoms with Crippen LogP contribution in [0.5, 0.6) is 5.75 Å². The SMILES string of the molecule is Cc1cc(Cn2nnn(-c3cccc(OC(F)F)c3)c2=O)ccc1[N+](=O)[O-]. The molecule has 0 bridgehead atoms. The molecule has 11 heteroatoms. The number of hydrogen-bond donors (Lipinski definition) is 0. The Balaban J connectivity index is 1.87. The molecule has 140 valence electrons. The first-order valence-corrected chi connectivity index (χ1v) is 7.67. The summed E-state index contributed by atoms with van der Waals surface area (Å²) in [7, 11) is 0. The number of ether oxygens (including phenoxy) is 1. The van der Waals surface area contributed by atoms with Crippen LogP contribution in [-0.2, 0) is 6.54 Å². The Labute approximate surface area is 150 Å². The molecule has 0 saturated heterocycles. The molecule has 0 radical (unpaired) electrons. The predicted octanol–water partition coefficient (Wildman–Crippen LogP) is 2.30.